The third kappa shape index (κ3) is 2.94. The number of benzene rings is 1. The van der Waals surface area contributed by atoms with Crippen LogP contribution in [-0.2, 0) is 16.9 Å². The maximum absolute atomic E-state index is 12.4. The summed E-state index contributed by atoms with van der Waals surface area (Å²) in [5, 5.41) is 8.07. The van der Waals surface area contributed by atoms with E-state index in [9.17, 15) is 13.2 Å². The number of nitrogens with zero attached hydrogens (tertiary/aromatic N) is 2. The van der Waals surface area contributed by atoms with Gasteiger partial charge in [-0.2, -0.15) is 5.10 Å². The van der Waals surface area contributed by atoms with Gasteiger partial charge in [-0.15, -0.1) is 11.3 Å². The van der Waals surface area contributed by atoms with Crippen molar-refractivity contribution in [3.8, 4) is 0 Å². The summed E-state index contributed by atoms with van der Waals surface area (Å²) in [5.41, 5.74) is 1.44. The second-order valence-corrected chi connectivity index (χ2v) is 8.73. The Morgan fingerprint density at radius 1 is 1.29 bits per heavy atom. The lowest BCUT2D eigenvalue weighted by Crippen LogP contribution is -2.10. The summed E-state index contributed by atoms with van der Waals surface area (Å²) in [5.74, 6) is -0.171. The number of aromatic nitrogens is 2. The van der Waals surface area contributed by atoms with E-state index in [1.165, 1.54) is 23.5 Å². The molecule has 1 amide bonds. The van der Waals surface area contributed by atoms with Crippen LogP contribution >= 0.6 is 11.3 Å². The fourth-order valence-corrected chi connectivity index (χ4v) is 4.32. The first-order valence-corrected chi connectivity index (χ1v) is 9.86. The first-order valence-electron chi connectivity index (χ1n) is 7.39. The van der Waals surface area contributed by atoms with Crippen LogP contribution in [0.25, 0.3) is 10.2 Å². The second kappa shape index (κ2) is 6.03. The molecule has 0 aliphatic heterocycles. The topological polar surface area (TPSA) is 81.1 Å². The zero-order chi connectivity index (χ0) is 17.5. The van der Waals surface area contributed by atoms with Gasteiger partial charge in [-0.25, -0.2) is 8.42 Å². The van der Waals surface area contributed by atoms with Gasteiger partial charge in [0.05, 0.1) is 21.2 Å². The second-order valence-electron chi connectivity index (χ2n) is 5.42. The molecule has 126 valence electrons. The van der Waals surface area contributed by atoms with Crippen LogP contribution in [0.4, 0.5) is 5.69 Å². The SMILES string of the molecule is CCS(=O)(=O)c1ccc(NC(=O)c2cc3c(C)nn(C)c3s2)cc1. The van der Waals surface area contributed by atoms with Gasteiger partial charge in [-0.05, 0) is 37.3 Å². The van der Waals surface area contributed by atoms with Crippen molar-refractivity contribution in [2.24, 2.45) is 7.05 Å². The molecule has 0 aliphatic rings. The number of nitrogens with one attached hydrogen (secondary N) is 1. The maximum atomic E-state index is 12.4. The Hall–Kier alpha value is -2.19. The fraction of sp³-hybridized carbons (Fsp3) is 0.250. The van der Waals surface area contributed by atoms with Crippen LogP contribution in [0.15, 0.2) is 35.2 Å². The van der Waals surface area contributed by atoms with Gasteiger partial charge in [0.25, 0.3) is 5.91 Å². The van der Waals surface area contributed by atoms with Crippen LogP contribution in [0.5, 0.6) is 0 Å². The zero-order valence-corrected chi connectivity index (χ0v) is 15.2. The van der Waals surface area contributed by atoms with Gasteiger partial charge in [0.15, 0.2) is 9.84 Å². The standard InChI is InChI=1S/C16H17N3O3S2/c1-4-24(21,22)12-7-5-11(6-8-12)17-15(20)14-9-13-10(2)18-19(3)16(13)23-14/h5-9H,4H2,1-3H3,(H,17,20). The molecular formula is C16H17N3O3S2. The molecule has 0 bridgehead atoms. The number of fused-ring (bicyclic) bond motifs is 1. The van der Waals surface area contributed by atoms with Crippen LogP contribution in [0.2, 0.25) is 0 Å². The number of rotatable bonds is 4. The van der Waals surface area contributed by atoms with E-state index in [-0.39, 0.29) is 16.6 Å². The van der Waals surface area contributed by atoms with E-state index < -0.39 is 9.84 Å². The quantitative estimate of drug-likeness (QED) is 0.773. The van der Waals surface area contributed by atoms with E-state index >= 15 is 0 Å². The lowest BCUT2D eigenvalue weighted by atomic mass is 10.3. The lowest BCUT2D eigenvalue weighted by Gasteiger charge is -2.05. The van der Waals surface area contributed by atoms with E-state index in [4.69, 9.17) is 0 Å². The number of hydrogen-bond acceptors (Lipinski definition) is 5. The average molecular weight is 363 g/mol. The van der Waals surface area contributed by atoms with E-state index in [0.717, 1.165) is 15.9 Å². The van der Waals surface area contributed by atoms with Crippen LogP contribution in [0, 0.1) is 6.92 Å². The molecule has 6 nitrogen and oxygen atoms in total. The Bertz CT molecular complexity index is 980. The number of carbonyl (C=O) groups excluding carboxylic acids is 1. The van der Waals surface area contributed by atoms with E-state index in [1.54, 1.807) is 23.7 Å². The molecule has 0 saturated carbocycles. The normalized spacial score (nSPS) is 11.8. The molecule has 0 saturated heterocycles. The molecule has 0 fully saturated rings. The molecule has 2 heterocycles. The van der Waals surface area contributed by atoms with Crippen molar-refractivity contribution in [3.63, 3.8) is 0 Å². The highest BCUT2D eigenvalue weighted by atomic mass is 32.2. The Morgan fingerprint density at radius 2 is 1.96 bits per heavy atom. The minimum absolute atomic E-state index is 0.0495. The first kappa shape index (κ1) is 16.7. The molecule has 2 aromatic heterocycles. The van der Waals surface area contributed by atoms with Gasteiger partial charge in [0.1, 0.15) is 4.83 Å². The largest absolute Gasteiger partial charge is 0.321 e. The van der Waals surface area contributed by atoms with Crippen LogP contribution in [0.3, 0.4) is 0 Å². The number of aryl methyl sites for hydroxylation is 2. The molecule has 3 aromatic rings. The molecule has 24 heavy (non-hydrogen) atoms. The minimum atomic E-state index is -3.24. The third-order valence-electron chi connectivity index (χ3n) is 3.77. The molecule has 0 spiro atoms. The van der Waals surface area contributed by atoms with Crippen molar-refractivity contribution >= 4 is 43.0 Å². The number of thiophene rings is 1. The molecule has 8 heteroatoms. The van der Waals surface area contributed by atoms with Crippen molar-refractivity contribution in [2.45, 2.75) is 18.7 Å². The van der Waals surface area contributed by atoms with Gasteiger partial charge in [0.2, 0.25) is 0 Å². The molecular weight excluding hydrogens is 346 g/mol. The summed E-state index contributed by atoms with van der Waals surface area (Å²) in [6.45, 7) is 3.51. The van der Waals surface area contributed by atoms with E-state index in [2.05, 4.69) is 10.4 Å². The van der Waals surface area contributed by atoms with Crippen molar-refractivity contribution in [3.05, 3.63) is 40.9 Å². The predicted octanol–water partition coefficient (Wildman–Crippen LogP) is 2.99. The molecule has 1 N–H and O–H groups in total. The average Bonchev–Trinajstić information content (AvgIpc) is 3.10. The van der Waals surface area contributed by atoms with Crippen LogP contribution < -0.4 is 5.32 Å². The van der Waals surface area contributed by atoms with Gasteiger partial charge in [-0.3, -0.25) is 9.48 Å². The van der Waals surface area contributed by atoms with Gasteiger partial charge >= 0.3 is 0 Å². The van der Waals surface area contributed by atoms with Crippen LogP contribution in [0.1, 0.15) is 22.3 Å². The highest BCUT2D eigenvalue weighted by Gasteiger charge is 2.16. The van der Waals surface area contributed by atoms with Crippen LogP contribution in [-0.4, -0.2) is 29.9 Å². The monoisotopic (exact) mass is 363 g/mol. The lowest BCUT2D eigenvalue weighted by molar-refractivity contribution is 0.103. The van der Waals surface area contributed by atoms with Gasteiger partial charge in [-0.1, -0.05) is 6.92 Å². The summed E-state index contributed by atoms with van der Waals surface area (Å²) >= 11 is 1.38. The first-order chi connectivity index (χ1) is 11.3. The van der Waals surface area contributed by atoms with Gasteiger partial charge in [0, 0.05) is 18.1 Å². The molecule has 0 atom stereocenters. The summed E-state index contributed by atoms with van der Waals surface area (Å²) < 4.78 is 25.4. The summed E-state index contributed by atoms with van der Waals surface area (Å²) in [4.78, 5) is 14.2. The van der Waals surface area contributed by atoms with Crippen molar-refractivity contribution < 1.29 is 13.2 Å². The Kier molecular flexibility index (Phi) is 4.18. The van der Waals surface area contributed by atoms with E-state index in [0.29, 0.717) is 10.6 Å². The number of anilines is 1. The highest BCUT2D eigenvalue weighted by Crippen LogP contribution is 2.28. The highest BCUT2D eigenvalue weighted by molar-refractivity contribution is 7.91. The third-order valence-corrected chi connectivity index (χ3v) is 6.72. The molecule has 3 rings (SSSR count). The number of hydrogen-bond donors (Lipinski definition) is 1. The predicted molar refractivity (Wildman–Crippen MR) is 95.5 cm³/mol. The number of amides is 1. The summed E-state index contributed by atoms with van der Waals surface area (Å²) in [6, 6.07) is 8.04. The molecule has 0 radical (unpaired) electrons. The number of carbonyl (C=O) groups is 1. The zero-order valence-electron chi connectivity index (χ0n) is 13.5. The number of sulfone groups is 1. The fourth-order valence-electron chi connectivity index (χ4n) is 2.42. The molecule has 0 unspecified atom stereocenters. The summed E-state index contributed by atoms with van der Waals surface area (Å²) in [6.07, 6.45) is 0. The van der Waals surface area contributed by atoms with Gasteiger partial charge < -0.3 is 5.32 Å². The summed E-state index contributed by atoms with van der Waals surface area (Å²) in [7, 11) is -1.39. The minimum Gasteiger partial charge on any atom is -0.321 e. The van der Waals surface area contributed by atoms with Crippen molar-refractivity contribution in [1.82, 2.24) is 9.78 Å². The van der Waals surface area contributed by atoms with Crippen molar-refractivity contribution in [2.75, 3.05) is 11.1 Å². The smallest absolute Gasteiger partial charge is 0.265 e. The maximum Gasteiger partial charge on any atom is 0.265 e. The Labute approximate surface area is 144 Å². The Morgan fingerprint density at radius 3 is 2.54 bits per heavy atom. The molecule has 0 aliphatic carbocycles. The molecule has 1 aromatic carbocycles. The van der Waals surface area contributed by atoms with Crippen molar-refractivity contribution in [1.29, 1.82) is 0 Å². The van der Waals surface area contributed by atoms with E-state index in [1.807, 2.05) is 20.0 Å². The Balaban J connectivity index is 1.82.